The molecule has 0 radical (unpaired) electrons. The van der Waals surface area contributed by atoms with E-state index < -0.39 is 12.0 Å². The zero-order valence-corrected chi connectivity index (χ0v) is 9.60. The monoisotopic (exact) mass is 223 g/mol. The summed E-state index contributed by atoms with van der Waals surface area (Å²) >= 11 is 0. The minimum atomic E-state index is -0.863. The molecule has 0 bridgehead atoms. The van der Waals surface area contributed by atoms with Crippen molar-refractivity contribution < 1.29 is 9.90 Å². The Labute approximate surface area is 94.9 Å². The number of aromatic nitrogens is 2. The van der Waals surface area contributed by atoms with E-state index in [0.717, 1.165) is 18.5 Å². The molecule has 1 atom stereocenters. The van der Waals surface area contributed by atoms with Gasteiger partial charge in [0.05, 0.1) is 0 Å². The van der Waals surface area contributed by atoms with Crippen LogP contribution in [-0.4, -0.2) is 27.1 Å². The van der Waals surface area contributed by atoms with E-state index in [1.165, 1.54) is 6.33 Å². The number of hydrogen-bond donors (Lipinski definition) is 2. The van der Waals surface area contributed by atoms with Crippen molar-refractivity contribution in [2.24, 2.45) is 0 Å². The van der Waals surface area contributed by atoms with Crippen molar-refractivity contribution in [3.05, 3.63) is 18.1 Å². The summed E-state index contributed by atoms with van der Waals surface area (Å²) in [6, 6.07) is 1.21. The summed E-state index contributed by atoms with van der Waals surface area (Å²) in [7, 11) is 0. The van der Waals surface area contributed by atoms with E-state index in [0.29, 0.717) is 12.2 Å². The Morgan fingerprint density at radius 2 is 2.25 bits per heavy atom. The second-order valence-electron chi connectivity index (χ2n) is 3.59. The minimum Gasteiger partial charge on any atom is -0.480 e. The van der Waals surface area contributed by atoms with Gasteiger partial charge in [-0.25, -0.2) is 14.8 Å². The van der Waals surface area contributed by atoms with E-state index in [1.807, 2.05) is 6.92 Å². The number of anilines is 1. The highest BCUT2D eigenvalue weighted by molar-refractivity contribution is 5.76. The van der Waals surface area contributed by atoms with Gasteiger partial charge in [0.2, 0.25) is 0 Å². The molecule has 1 rings (SSSR count). The van der Waals surface area contributed by atoms with Crippen LogP contribution in [0.1, 0.15) is 32.4 Å². The van der Waals surface area contributed by atoms with E-state index >= 15 is 0 Å². The lowest BCUT2D eigenvalue weighted by atomic mass is 10.2. The molecule has 1 aromatic heterocycles. The van der Waals surface area contributed by atoms with Crippen LogP contribution in [0, 0.1) is 0 Å². The summed E-state index contributed by atoms with van der Waals surface area (Å²) in [5.74, 6) is -0.286. The first-order valence-corrected chi connectivity index (χ1v) is 5.47. The number of nitrogens with zero attached hydrogens (tertiary/aromatic N) is 2. The van der Waals surface area contributed by atoms with Crippen LogP contribution >= 0.6 is 0 Å². The maximum atomic E-state index is 10.8. The maximum Gasteiger partial charge on any atom is 0.326 e. The summed E-state index contributed by atoms with van der Waals surface area (Å²) < 4.78 is 0. The van der Waals surface area contributed by atoms with E-state index in [4.69, 9.17) is 5.11 Å². The summed E-state index contributed by atoms with van der Waals surface area (Å²) in [6.07, 6.45) is 3.86. The highest BCUT2D eigenvalue weighted by atomic mass is 16.4. The Bertz CT molecular complexity index is 355. The Hall–Kier alpha value is -1.65. The van der Waals surface area contributed by atoms with Crippen molar-refractivity contribution in [2.75, 3.05) is 5.32 Å². The van der Waals surface area contributed by atoms with Crippen LogP contribution in [0.15, 0.2) is 12.4 Å². The quantitative estimate of drug-likeness (QED) is 0.767. The molecule has 0 saturated heterocycles. The molecule has 16 heavy (non-hydrogen) atoms. The standard InChI is InChI=1S/C11H17N3O2/c1-3-5-8-6-10(13-7-12-8)14-9(4-2)11(15)16/h6-7,9H,3-5H2,1-2H3,(H,15,16)(H,12,13,14). The van der Waals surface area contributed by atoms with Crippen LogP contribution in [0.3, 0.4) is 0 Å². The number of aliphatic carboxylic acids is 1. The molecule has 88 valence electrons. The van der Waals surface area contributed by atoms with Gasteiger partial charge in [0.15, 0.2) is 0 Å². The molecule has 2 N–H and O–H groups in total. The fourth-order valence-corrected chi connectivity index (χ4v) is 1.39. The minimum absolute atomic E-state index is 0.516. The average Bonchev–Trinajstić information content (AvgIpc) is 2.26. The number of aryl methyl sites for hydroxylation is 1. The second kappa shape index (κ2) is 6.05. The largest absolute Gasteiger partial charge is 0.480 e. The maximum absolute atomic E-state index is 10.8. The number of nitrogens with one attached hydrogen (secondary N) is 1. The summed E-state index contributed by atoms with van der Waals surface area (Å²) in [5.41, 5.74) is 0.931. The molecule has 5 heteroatoms. The molecule has 1 heterocycles. The third-order valence-electron chi connectivity index (χ3n) is 2.26. The smallest absolute Gasteiger partial charge is 0.326 e. The molecule has 1 aromatic rings. The van der Waals surface area contributed by atoms with Crippen LogP contribution in [0.25, 0.3) is 0 Å². The number of carboxylic acids is 1. The van der Waals surface area contributed by atoms with Gasteiger partial charge in [0.1, 0.15) is 18.2 Å². The van der Waals surface area contributed by atoms with Gasteiger partial charge in [-0.2, -0.15) is 0 Å². The Balaban J connectivity index is 2.72. The van der Waals surface area contributed by atoms with Crippen LogP contribution in [-0.2, 0) is 11.2 Å². The Morgan fingerprint density at radius 1 is 1.50 bits per heavy atom. The van der Waals surface area contributed by atoms with Crippen molar-refractivity contribution in [1.29, 1.82) is 0 Å². The molecule has 0 aliphatic rings. The lowest BCUT2D eigenvalue weighted by molar-refractivity contribution is -0.137. The third kappa shape index (κ3) is 3.49. The van der Waals surface area contributed by atoms with Crippen LogP contribution < -0.4 is 5.32 Å². The van der Waals surface area contributed by atoms with Crippen molar-refractivity contribution >= 4 is 11.8 Å². The molecule has 0 aliphatic carbocycles. The van der Waals surface area contributed by atoms with E-state index in [-0.39, 0.29) is 0 Å². The fourth-order valence-electron chi connectivity index (χ4n) is 1.39. The molecular formula is C11H17N3O2. The normalized spacial score (nSPS) is 12.1. The molecular weight excluding hydrogens is 206 g/mol. The first-order valence-electron chi connectivity index (χ1n) is 5.47. The topological polar surface area (TPSA) is 75.1 Å². The van der Waals surface area contributed by atoms with E-state index in [1.54, 1.807) is 6.07 Å². The number of rotatable bonds is 6. The predicted octanol–water partition coefficient (Wildman–Crippen LogP) is 1.70. The van der Waals surface area contributed by atoms with Gasteiger partial charge < -0.3 is 10.4 Å². The third-order valence-corrected chi connectivity index (χ3v) is 2.26. The molecule has 0 amide bonds. The van der Waals surface area contributed by atoms with Gasteiger partial charge in [0, 0.05) is 11.8 Å². The molecule has 0 saturated carbocycles. The SMILES string of the molecule is CCCc1cc(NC(CC)C(=O)O)ncn1. The van der Waals surface area contributed by atoms with Crippen LogP contribution in [0.4, 0.5) is 5.82 Å². The Morgan fingerprint density at radius 3 is 2.81 bits per heavy atom. The van der Waals surface area contributed by atoms with E-state index in [2.05, 4.69) is 22.2 Å². The second-order valence-corrected chi connectivity index (χ2v) is 3.59. The Kier molecular flexibility index (Phi) is 4.69. The number of carbonyl (C=O) groups is 1. The van der Waals surface area contributed by atoms with Gasteiger partial charge in [0.25, 0.3) is 0 Å². The first kappa shape index (κ1) is 12.4. The lowest BCUT2D eigenvalue weighted by Gasteiger charge is -2.12. The molecule has 5 nitrogen and oxygen atoms in total. The molecule has 0 spiro atoms. The van der Waals surface area contributed by atoms with Gasteiger partial charge in [-0.1, -0.05) is 20.3 Å². The van der Waals surface area contributed by atoms with Crippen molar-refractivity contribution in [2.45, 2.75) is 39.2 Å². The van der Waals surface area contributed by atoms with Crippen molar-refractivity contribution in [1.82, 2.24) is 9.97 Å². The summed E-state index contributed by atoms with van der Waals surface area (Å²) in [6.45, 7) is 3.89. The number of hydrogen-bond acceptors (Lipinski definition) is 4. The fraction of sp³-hybridized carbons (Fsp3) is 0.545. The molecule has 1 unspecified atom stereocenters. The highest BCUT2D eigenvalue weighted by Crippen LogP contribution is 2.08. The first-order chi connectivity index (χ1) is 7.67. The van der Waals surface area contributed by atoms with Gasteiger partial charge in [-0.3, -0.25) is 0 Å². The van der Waals surface area contributed by atoms with Gasteiger partial charge >= 0.3 is 5.97 Å². The summed E-state index contributed by atoms with van der Waals surface area (Å²) in [4.78, 5) is 19.0. The van der Waals surface area contributed by atoms with Crippen LogP contribution in [0.2, 0.25) is 0 Å². The highest BCUT2D eigenvalue weighted by Gasteiger charge is 2.14. The molecule has 0 aromatic carbocycles. The number of carboxylic acid groups (broad SMARTS) is 1. The van der Waals surface area contributed by atoms with Crippen molar-refractivity contribution in [3.63, 3.8) is 0 Å². The summed E-state index contributed by atoms with van der Waals surface area (Å²) in [5, 5.41) is 11.8. The predicted molar refractivity (Wildman–Crippen MR) is 61.4 cm³/mol. The lowest BCUT2D eigenvalue weighted by Crippen LogP contribution is -2.28. The molecule has 0 aliphatic heterocycles. The van der Waals surface area contributed by atoms with Gasteiger partial charge in [-0.05, 0) is 12.8 Å². The van der Waals surface area contributed by atoms with E-state index in [9.17, 15) is 4.79 Å². The van der Waals surface area contributed by atoms with Crippen LogP contribution in [0.5, 0.6) is 0 Å². The molecule has 0 fully saturated rings. The zero-order chi connectivity index (χ0) is 12.0. The van der Waals surface area contributed by atoms with Gasteiger partial charge in [-0.15, -0.1) is 0 Å². The van der Waals surface area contributed by atoms with Crippen molar-refractivity contribution in [3.8, 4) is 0 Å². The zero-order valence-electron chi connectivity index (χ0n) is 9.60. The average molecular weight is 223 g/mol.